The van der Waals surface area contributed by atoms with Crippen LogP contribution in [0.15, 0.2) is 82.5 Å². The number of carbonyl (C=O) groups is 2. The van der Waals surface area contributed by atoms with Crippen LogP contribution in [0.25, 0.3) is 11.0 Å². The number of Topliss-reactive ketones (excluding diaryl/α,β-unsaturated/α-hetero) is 1. The van der Waals surface area contributed by atoms with Crippen molar-refractivity contribution in [2.45, 2.75) is 13.0 Å². The summed E-state index contributed by atoms with van der Waals surface area (Å²) in [5, 5.41) is 11.9. The maximum absolute atomic E-state index is 13.8. The highest BCUT2D eigenvalue weighted by Crippen LogP contribution is 2.43. The van der Waals surface area contributed by atoms with E-state index in [0.29, 0.717) is 33.0 Å². The van der Waals surface area contributed by atoms with E-state index < -0.39 is 29.3 Å². The molecule has 0 bridgehead atoms. The third-order valence-electron chi connectivity index (χ3n) is 6.03. The Hall–Kier alpha value is -4.10. The van der Waals surface area contributed by atoms with Gasteiger partial charge in [-0.25, -0.2) is 4.39 Å². The molecule has 5 rings (SSSR count). The summed E-state index contributed by atoms with van der Waals surface area (Å²) in [5.74, 6) is -2.35. The van der Waals surface area contributed by atoms with Gasteiger partial charge in [0.1, 0.15) is 5.82 Å². The zero-order valence-corrected chi connectivity index (χ0v) is 19.5. The molecule has 1 atom stereocenters. The van der Waals surface area contributed by atoms with Crippen molar-refractivity contribution in [3.63, 3.8) is 0 Å². The molecule has 0 saturated carbocycles. The van der Waals surface area contributed by atoms with E-state index in [4.69, 9.17) is 20.8 Å². The van der Waals surface area contributed by atoms with Crippen LogP contribution in [0.1, 0.15) is 27.7 Å². The van der Waals surface area contributed by atoms with Gasteiger partial charge in [-0.2, -0.15) is 0 Å². The summed E-state index contributed by atoms with van der Waals surface area (Å²) in [7, 11) is 1.45. The molecule has 0 spiro atoms. The first-order chi connectivity index (χ1) is 16.8. The fourth-order valence-corrected chi connectivity index (χ4v) is 4.59. The molecule has 0 radical (unpaired) electrons. The number of hydrogen-bond donors (Lipinski definition) is 1. The summed E-state index contributed by atoms with van der Waals surface area (Å²) in [4.78, 5) is 28.3. The van der Waals surface area contributed by atoms with Crippen molar-refractivity contribution < 1.29 is 28.2 Å². The number of carbonyl (C=O) groups excluding carboxylic acids is 2. The highest BCUT2D eigenvalue weighted by Gasteiger charge is 2.45. The Balaban J connectivity index is 1.68. The third-order valence-corrected chi connectivity index (χ3v) is 6.25. The molecule has 0 fully saturated rings. The lowest BCUT2D eigenvalue weighted by molar-refractivity contribution is -0.117. The van der Waals surface area contributed by atoms with Gasteiger partial charge in [0.25, 0.3) is 5.91 Å². The summed E-state index contributed by atoms with van der Waals surface area (Å²) in [6.45, 7) is 1.84. The second-order valence-corrected chi connectivity index (χ2v) is 8.58. The van der Waals surface area contributed by atoms with E-state index in [2.05, 4.69) is 0 Å². The fraction of sp³-hybridized carbons (Fsp3) is 0.111. The van der Waals surface area contributed by atoms with Crippen LogP contribution in [0, 0.1) is 12.7 Å². The Morgan fingerprint density at radius 2 is 1.83 bits per heavy atom. The van der Waals surface area contributed by atoms with Gasteiger partial charge in [0.2, 0.25) is 5.78 Å². The minimum Gasteiger partial charge on any atom is -0.503 e. The van der Waals surface area contributed by atoms with Gasteiger partial charge in [0, 0.05) is 22.2 Å². The molecule has 35 heavy (non-hydrogen) atoms. The predicted molar refractivity (Wildman–Crippen MR) is 130 cm³/mol. The third kappa shape index (κ3) is 3.74. The van der Waals surface area contributed by atoms with E-state index in [0.717, 1.165) is 5.56 Å². The van der Waals surface area contributed by atoms with E-state index in [-0.39, 0.29) is 11.3 Å². The summed E-state index contributed by atoms with van der Waals surface area (Å²) in [6, 6.07) is 16.2. The Labute approximate surface area is 204 Å². The highest BCUT2D eigenvalue weighted by atomic mass is 35.5. The van der Waals surface area contributed by atoms with Crippen LogP contribution < -0.4 is 9.64 Å². The van der Waals surface area contributed by atoms with Gasteiger partial charge in [0.05, 0.1) is 18.7 Å². The average Bonchev–Trinajstić information content (AvgIpc) is 3.38. The average molecular weight is 492 g/mol. The molecule has 8 heteroatoms. The highest BCUT2D eigenvalue weighted by molar-refractivity contribution is 6.31. The Morgan fingerprint density at radius 1 is 1.11 bits per heavy atom. The van der Waals surface area contributed by atoms with E-state index >= 15 is 0 Å². The maximum atomic E-state index is 13.8. The number of fused-ring (bicyclic) bond motifs is 1. The van der Waals surface area contributed by atoms with Crippen molar-refractivity contribution in [1.29, 1.82) is 0 Å². The Kier molecular flexibility index (Phi) is 5.57. The molecule has 0 saturated heterocycles. The largest absolute Gasteiger partial charge is 0.503 e. The molecule has 6 nitrogen and oxygen atoms in total. The molecule has 1 unspecified atom stereocenters. The number of ether oxygens (including phenoxy) is 1. The molecule has 3 aromatic carbocycles. The maximum Gasteiger partial charge on any atom is 0.294 e. The summed E-state index contributed by atoms with van der Waals surface area (Å²) >= 11 is 6.15. The SMILES string of the molecule is COc1cc(Cl)cc2cc(C(=O)C3=C(O)C(=O)N(c4ccc(F)cc4)C3c3ccccc3C)oc12. The number of aryl methyl sites for hydroxylation is 1. The molecule has 1 aliphatic rings. The second kappa shape index (κ2) is 8.60. The van der Waals surface area contributed by atoms with E-state index in [1.165, 1.54) is 42.3 Å². The first-order valence-corrected chi connectivity index (χ1v) is 11.1. The van der Waals surface area contributed by atoms with Crippen LogP contribution >= 0.6 is 11.6 Å². The number of furan rings is 1. The van der Waals surface area contributed by atoms with E-state index in [9.17, 15) is 19.1 Å². The smallest absolute Gasteiger partial charge is 0.294 e. The number of anilines is 1. The minimum atomic E-state index is -0.958. The van der Waals surface area contributed by atoms with Crippen LogP contribution in [-0.2, 0) is 4.79 Å². The molecule has 176 valence electrons. The topological polar surface area (TPSA) is 80.0 Å². The number of amides is 1. The summed E-state index contributed by atoms with van der Waals surface area (Å²) < 4.78 is 24.7. The fourth-order valence-electron chi connectivity index (χ4n) is 4.38. The standard InChI is InChI=1S/C27H19ClFNO5/c1-14-5-3-4-6-19(14)23-22(25(32)27(33)30(23)18-9-7-17(29)8-10-18)24(31)20-12-15-11-16(28)13-21(34-2)26(15)35-20/h3-13,23,32H,1-2H3. The number of rotatable bonds is 5. The number of nitrogens with zero attached hydrogens (tertiary/aromatic N) is 1. The molecule has 0 aliphatic carbocycles. The molecule has 1 amide bonds. The summed E-state index contributed by atoms with van der Waals surface area (Å²) in [5.41, 5.74) is 1.94. The van der Waals surface area contributed by atoms with Gasteiger partial charge < -0.3 is 14.3 Å². The molecule has 4 aromatic rings. The van der Waals surface area contributed by atoms with Crippen LogP contribution in [0.5, 0.6) is 5.75 Å². The number of methoxy groups -OCH3 is 1. The van der Waals surface area contributed by atoms with Crippen molar-refractivity contribution in [2.75, 3.05) is 12.0 Å². The van der Waals surface area contributed by atoms with Crippen molar-refractivity contribution in [2.24, 2.45) is 0 Å². The minimum absolute atomic E-state index is 0.0885. The number of halogens is 2. The number of aliphatic hydroxyl groups is 1. The Bertz CT molecular complexity index is 1520. The van der Waals surface area contributed by atoms with Gasteiger partial charge >= 0.3 is 0 Å². The van der Waals surface area contributed by atoms with Crippen LogP contribution in [0.4, 0.5) is 10.1 Å². The van der Waals surface area contributed by atoms with Crippen LogP contribution in [0.3, 0.4) is 0 Å². The predicted octanol–water partition coefficient (Wildman–Crippen LogP) is 6.33. The quantitative estimate of drug-likeness (QED) is 0.330. The first-order valence-electron chi connectivity index (χ1n) is 10.7. The number of aliphatic hydroxyl groups excluding tert-OH is 1. The van der Waals surface area contributed by atoms with E-state index in [1.54, 1.807) is 24.3 Å². The zero-order chi connectivity index (χ0) is 24.9. The molecule has 1 aliphatic heterocycles. The van der Waals surface area contributed by atoms with Crippen molar-refractivity contribution >= 4 is 39.9 Å². The Morgan fingerprint density at radius 3 is 2.51 bits per heavy atom. The van der Waals surface area contributed by atoms with Gasteiger partial charge in [-0.15, -0.1) is 0 Å². The number of benzene rings is 3. The van der Waals surface area contributed by atoms with Crippen LogP contribution in [0.2, 0.25) is 5.02 Å². The van der Waals surface area contributed by atoms with Gasteiger partial charge in [-0.05, 0) is 54.4 Å². The lowest BCUT2D eigenvalue weighted by Crippen LogP contribution is -2.31. The van der Waals surface area contributed by atoms with E-state index in [1.807, 2.05) is 19.1 Å². The van der Waals surface area contributed by atoms with Crippen molar-refractivity contribution in [3.05, 3.63) is 106 Å². The lowest BCUT2D eigenvalue weighted by atomic mass is 9.92. The van der Waals surface area contributed by atoms with Crippen molar-refractivity contribution in [3.8, 4) is 5.75 Å². The number of hydrogen-bond acceptors (Lipinski definition) is 5. The number of ketones is 1. The van der Waals surface area contributed by atoms with Gasteiger partial charge in [-0.1, -0.05) is 35.9 Å². The van der Waals surface area contributed by atoms with Gasteiger partial charge in [0.15, 0.2) is 22.9 Å². The lowest BCUT2D eigenvalue weighted by Gasteiger charge is -2.27. The summed E-state index contributed by atoms with van der Waals surface area (Å²) in [6.07, 6.45) is 0. The van der Waals surface area contributed by atoms with Gasteiger partial charge in [-0.3, -0.25) is 14.5 Å². The molecule has 1 N–H and O–H groups in total. The molecular formula is C27H19ClFNO5. The normalized spacial score (nSPS) is 15.8. The first kappa shape index (κ1) is 22.7. The van der Waals surface area contributed by atoms with Crippen molar-refractivity contribution in [1.82, 2.24) is 0 Å². The molecule has 1 aromatic heterocycles. The monoisotopic (exact) mass is 491 g/mol. The molecular weight excluding hydrogens is 473 g/mol. The van der Waals surface area contributed by atoms with Crippen LogP contribution in [-0.4, -0.2) is 23.9 Å². The molecule has 2 heterocycles. The zero-order valence-electron chi connectivity index (χ0n) is 18.7. The second-order valence-electron chi connectivity index (χ2n) is 8.14.